The van der Waals surface area contributed by atoms with Crippen LogP contribution in [0.3, 0.4) is 0 Å². The number of nitrogens with zero attached hydrogens (tertiary/aromatic N) is 1. The third kappa shape index (κ3) is 2.05. The van der Waals surface area contributed by atoms with Crippen LogP contribution < -0.4 is 10.6 Å². The second-order valence-electron chi connectivity index (χ2n) is 4.50. The molecule has 0 spiro atoms. The van der Waals surface area contributed by atoms with Gasteiger partial charge >= 0.3 is 0 Å². The Morgan fingerprint density at radius 2 is 2.06 bits per heavy atom. The van der Waals surface area contributed by atoms with E-state index in [1.165, 1.54) is 18.9 Å². The molecule has 0 aliphatic heterocycles. The second-order valence-corrected chi connectivity index (χ2v) is 4.50. The standard InChI is InChI=1S/C13H19FN2/c1-16(11-6-2-3-7-11)13-10(9-15)5-4-8-12(13)14/h4-5,8,11H,2-3,6-7,9,15H2,1H3. The highest BCUT2D eigenvalue weighted by Crippen LogP contribution is 2.30. The van der Waals surface area contributed by atoms with Crippen molar-refractivity contribution in [2.24, 2.45) is 5.73 Å². The van der Waals surface area contributed by atoms with E-state index < -0.39 is 0 Å². The molecule has 0 aromatic heterocycles. The summed E-state index contributed by atoms with van der Waals surface area (Å²) in [5, 5.41) is 0. The van der Waals surface area contributed by atoms with Gasteiger partial charge < -0.3 is 10.6 Å². The predicted octanol–water partition coefficient (Wildman–Crippen LogP) is 2.66. The first-order chi connectivity index (χ1) is 7.74. The van der Waals surface area contributed by atoms with Gasteiger partial charge in [-0.15, -0.1) is 0 Å². The van der Waals surface area contributed by atoms with E-state index in [0.717, 1.165) is 18.4 Å². The fourth-order valence-electron chi connectivity index (χ4n) is 2.59. The van der Waals surface area contributed by atoms with Crippen LogP contribution in [0, 0.1) is 5.82 Å². The highest BCUT2D eigenvalue weighted by atomic mass is 19.1. The smallest absolute Gasteiger partial charge is 0.146 e. The Labute approximate surface area is 96.2 Å². The third-order valence-electron chi connectivity index (χ3n) is 3.52. The molecule has 1 saturated carbocycles. The molecule has 0 unspecified atom stereocenters. The van der Waals surface area contributed by atoms with Crippen molar-refractivity contribution < 1.29 is 4.39 Å². The molecule has 1 aliphatic rings. The van der Waals surface area contributed by atoms with Gasteiger partial charge in [-0.25, -0.2) is 4.39 Å². The molecule has 0 atom stereocenters. The summed E-state index contributed by atoms with van der Waals surface area (Å²) in [6, 6.07) is 5.62. The van der Waals surface area contributed by atoms with Crippen LogP contribution in [0.5, 0.6) is 0 Å². The molecule has 2 N–H and O–H groups in total. The molecular weight excluding hydrogens is 203 g/mol. The highest BCUT2D eigenvalue weighted by Gasteiger charge is 2.23. The summed E-state index contributed by atoms with van der Waals surface area (Å²) in [6.45, 7) is 0.393. The zero-order chi connectivity index (χ0) is 11.5. The number of halogens is 1. The molecule has 2 nitrogen and oxygen atoms in total. The molecule has 1 aliphatic carbocycles. The lowest BCUT2D eigenvalue weighted by atomic mass is 10.1. The Morgan fingerprint density at radius 3 is 2.69 bits per heavy atom. The van der Waals surface area contributed by atoms with Gasteiger partial charge in [-0.3, -0.25) is 0 Å². The minimum atomic E-state index is -0.155. The van der Waals surface area contributed by atoms with Crippen LogP contribution in [0.2, 0.25) is 0 Å². The maximum Gasteiger partial charge on any atom is 0.146 e. The van der Waals surface area contributed by atoms with E-state index in [1.54, 1.807) is 6.07 Å². The summed E-state index contributed by atoms with van der Waals surface area (Å²) in [6.07, 6.45) is 4.83. The molecule has 1 aromatic rings. The Hall–Kier alpha value is -1.09. The largest absolute Gasteiger partial charge is 0.369 e. The number of hydrogen-bond donors (Lipinski definition) is 1. The van der Waals surface area contributed by atoms with Crippen molar-refractivity contribution in [2.75, 3.05) is 11.9 Å². The number of benzene rings is 1. The van der Waals surface area contributed by atoms with Crippen LogP contribution in [0.1, 0.15) is 31.2 Å². The first-order valence-corrected chi connectivity index (χ1v) is 5.94. The summed E-state index contributed by atoms with van der Waals surface area (Å²) < 4.78 is 13.8. The Morgan fingerprint density at radius 1 is 1.38 bits per heavy atom. The van der Waals surface area contributed by atoms with Crippen LogP contribution in [-0.4, -0.2) is 13.1 Å². The highest BCUT2D eigenvalue weighted by molar-refractivity contribution is 5.55. The molecule has 16 heavy (non-hydrogen) atoms. The fraction of sp³-hybridized carbons (Fsp3) is 0.538. The second kappa shape index (κ2) is 4.83. The minimum absolute atomic E-state index is 0.155. The molecule has 0 bridgehead atoms. The quantitative estimate of drug-likeness (QED) is 0.852. The van der Waals surface area contributed by atoms with E-state index in [4.69, 9.17) is 5.73 Å². The predicted molar refractivity (Wildman–Crippen MR) is 65.0 cm³/mol. The van der Waals surface area contributed by atoms with E-state index >= 15 is 0 Å². The number of para-hydroxylation sites is 1. The van der Waals surface area contributed by atoms with Crippen LogP contribution >= 0.6 is 0 Å². The zero-order valence-corrected chi connectivity index (χ0v) is 9.75. The fourth-order valence-corrected chi connectivity index (χ4v) is 2.59. The van der Waals surface area contributed by atoms with Gasteiger partial charge in [0.25, 0.3) is 0 Å². The summed E-state index contributed by atoms with van der Waals surface area (Å²) in [5.41, 5.74) is 7.25. The molecule has 3 heteroatoms. The van der Waals surface area contributed by atoms with Crippen LogP contribution in [0.4, 0.5) is 10.1 Å². The molecule has 0 amide bonds. The lowest BCUT2D eigenvalue weighted by Crippen LogP contribution is -2.30. The molecule has 88 valence electrons. The zero-order valence-electron chi connectivity index (χ0n) is 9.75. The van der Waals surface area contributed by atoms with E-state index in [2.05, 4.69) is 4.90 Å². The summed E-state index contributed by atoms with van der Waals surface area (Å²) >= 11 is 0. The molecule has 1 aromatic carbocycles. The molecule has 0 radical (unpaired) electrons. The lowest BCUT2D eigenvalue weighted by Gasteiger charge is -2.28. The molecule has 0 heterocycles. The summed E-state index contributed by atoms with van der Waals surface area (Å²) in [5.74, 6) is -0.155. The van der Waals surface area contributed by atoms with Crippen LogP contribution in [-0.2, 0) is 6.54 Å². The SMILES string of the molecule is CN(c1c(F)cccc1CN)C1CCCC1. The van der Waals surface area contributed by atoms with Crippen molar-refractivity contribution in [1.29, 1.82) is 0 Å². The summed E-state index contributed by atoms with van der Waals surface area (Å²) in [7, 11) is 1.98. The monoisotopic (exact) mass is 222 g/mol. The third-order valence-corrected chi connectivity index (χ3v) is 3.52. The Bertz CT molecular complexity index is 359. The van der Waals surface area contributed by atoms with Gasteiger partial charge in [-0.05, 0) is 24.5 Å². The minimum Gasteiger partial charge on any atom is -0.369 e. The van der Waals surface area contributed by atoms with Gasteiger partial charge in [0.2, 0.25) is 0 Å². The van der Waals surface area contributed by atoms with E-state index in [1.807, 2.05) is 13.1 Å². The van der Waals surface area contributed by atoms with Gasteiger partial charge in [0, 0.05) is 19.6 Å². The Kier molecular flexibility index (Phi) is 3.44. The van der Waals surface area contributed by atoms with Gasteiger partial charge in [-0.1, -0.05) is 25.0 Å². The van der Waals surface area contributed by atoms with Crippen molar-refractivity contribution in [1.82, 2.24) is 0 Å². The van der Waals surface area contributed by atoms with E-state index in [0.29, 0.717) is 18.3 Å². The van der Waals surface area contributed by atoms with Crippen molar-refractivity contribution in [3.8, 4) is 0 Å². The van der Waals surface area contributed by atoms with Crippen LogP contribution in [0.15, 0.2) is 18.2 Å². The summed E-state index contributed by atoms with van der Waals surface area (Å²) in [4.78, 5) is 2.07. The average Bonchev–Trinajstić information content (AvgIpc) is 2.81. The number of rotatable bonds is 3. The average molecular weight is 222 g/mol. The molecule has 1 fully saturated rings. The maximum atomic E-state index is 13.8. The van der Waals surface area contributed by atoms with Gasteiger partial charge in [0.05, 0.1) is 5.69 Å². The van der Waals surface area contributed by atoms with Gasteiger partial charge in [-0.2, -0.15) is 0 Å². The van der Waals surface area contributed by atoms with Crippen molar-refractivity contribution in [3.05, 3.63) is 29.6 Å². The van der Waals surface area contributed by atoms with Crippen molar-refractivity contribution in [3.63, 3.8) is 0 Å². The topological polar surface area (TPSA) is 29.3 Å². The van der Waals surface area contributed by atoms with Crippen LogP contribution in [0.25, 0.3) is 0 Å². The first-order valence-electron chi connectivity index (χ1n) is 5.94. The van der Waals surface area contributed by atoms with E-state index in [-0.39, 0.29) is 5.82 Å². The van der Waals surface area contributed by atoms with Gasteiger partial charge in [0.15, 0.2) is 0 Å². The maximum absolute atomic E-state index is 13.8. The van der Waals surface area contributed by atoms with Crippen molar-refractivity contribution in [2.45, 2.75) is 38.3 Å². The van der Waals surface area contributed by atoms with E-state index in [9.17, 15) is 4.39 Å². The number of nitrogens with two attached hydrogens (primary N) is 1. The molecule has 0 saturated heterocycles. The lowest BCUT2D eigenvalue weighted by molar-refractivity contribution is 0.592. The van der Waals surface area contributed by atoms with Crippen molar-refractivity contribution >= 4 is 5.69 Å². The first kappa shape index (κ1) is 11.4. The number of hydrogen-bond acceptors (Lipinski definition) is 2. The van der Waals surface area contributed by atoms with Gasteiger partial charge in [0.1, 0.15) is 5.82 Å². The Balaban J connectivity index is 2.30. The molecule has 2 rings (SSSR count). The number of anilines is 1. The normalized spacial score (nSPS) is 16.7. The molecular formula is C13H19FN2.